The monoisotopic (exact) mass is 294 g/mol. The van der Waals surface area contributed by atoms with Gasteiger partial charge in [0.2, 0.25) is 0 Å². The minimum absolute atomic E-state index is 0.124. The van der Waals surface area contributed by atoms with Crippen molar-refractivity contribution in [2.24, 2.45) is 4.99 Å². The van der Waals surface area contributed by atoms with Crippen LogP contribution in [0.5, 0.6) is 0 Å². The fraction of sp³-hybridized carbons (Fsp3) is 0.316. The van der Waals surface area contributed by atoms with E-state index >= 15 is 0 Å². The molecule has 0 spiro atoms. The maximum absolute atomic E-state index is 9.39. The van der Waals surface area contributed by atoms with Crippen molar-refractivity contribution in [3.05, 3.63) is 71.8 Å². The Morgan fingerprint density at radius 2 is 1.59 bits per heavy atom. The summed E-state index contributed by atoms with van der Waals surface area (Å²) in [5, 5.41) is 9.39. The van der Waals surface area contributed by atoms with Gasteiger partial charge in [0.1, 0.15) is 5.84 Å². The molecule has 1 heterocycles. The number of β-amino-alcohol motifs (C(OH)–C–C–N with tert-alkyl or cyclic N) is 1. The highest BCUT2D eigenvalue weighted by molar-refractivity contribution is 5.93. The second kappa shape index (κ2) is 6.75. The van der Waals surface area contributed by atoms with Gasteiger partial charge in [-0.05, 0) is 18.1 Å². The number of benzene rings is 2. The van der Waals surface area contributed by atoms with Crippen molar-refractivity contribution >= 4 is 5.84 Å². The molecule has 1 N–H and O–H groups in total. The average Bonchev–Trinajstić information content (AvgIpc) is 2.92. The van der Waals surface area contributed by atoms with Gasteiger partial charge in [-0.15, -0.1) is 0 Å². The second-order valence-electron chi connectivity index (χ2n) is 5.72. The number of hydrogen-bond acceptors (Lipinski definition) is 3. The van der Waals surface area contributed by atoms with Gasteiger partial charge in [-0.3, -0.25) is 4.99 Å². The van der Waals surface area contributed by atoms with Crippen molar-refractivity contribution in [3.8, 4) is 0 Å². The number of aliphatic imine (C=N–C) groups is 1. The van der Waals surface area contributed by atoms with E-state index in [9.17, 15) is 5.11 Å². The molecule has 0 amide bonds. The van der Waals surface area contributed by atoms with Crippen molar-refractivity contribution in [2.45, 2.75) is 18.9 Å². The standard InChI is InChI=1S/C19H22N2O/c1-15-14-20-19(21(15)12-13-22)18(16-8-4-2-5-9-16)17-10-6-3-7-11-17/h2-11,15,18,22H,12-14H2,1H3. The van der Waals surface area contributed by atoms with Gasteiger partial charge in [0.15, 0.2) is 0 Å². The van der Waals surface area contributed by atoms with E-state index in [0.29, 0.717) is 12.6 Å². The third-order valence-corrected chi connectivity index (χ3v) is 4.21. The lowest BCUT2D eigenvalue weighted by molar-refractivity contribution is 0.233. The average molecular weight is 294 g/mol. The molecule has 0 saturated heterocycles. The van der Waals surface area contributed by atoms with E-state index < -0.39 is 0 Å². The van der Waals surface area contributed by atoms with Gasteiger partial charge < -0.3 is 10.0 Å². The van der Waals surface area contributed by atoms with Gasteiger partial charge in [0, 0.05) is 12.6 Å². The highest BCUT2D eigenvalue weighted by atomic mass is 16.3. The molecule has 1 atom stereocenters. The molecule has 3 rings (SSSR count). The summed E-state index contributed by atoms with van der Waals surface area (Å²) in [6.07, 6.45) is 0. The minimum atomic E-state index is 0.124. The molecule has 0 aromatic heterocycles. The molecule has 2 aromatic rings. The third-order valence-electron chi connectivity index (χ3n) is 4.21. The topological polar surface area (TPSA) is 35.8 Å². The van der Waals surface area contributed by atoms with Crippen LogP contribution in [-0.2, 0) is 0 Å². The molecule has 1 aliphatic heterocycles. The van der Waals surface area contributed by atoms with Crippen molar-refractivity contribution in [2.75, 3.05) is 19.7 Å². The Kier molecular flexibility index (Phi) is 4.54. The van der Waals surface area contributed by atoms with Crippen LogP contribution in [0.1, 0.15) is 24.0 Å². The van der Waals surface area contributed by atoms with Crippen molar-refractivity contribution in [1.82, 2.24) is 4.90 Å². The number of aliphatic hydroxyl groups is 1. The summed E-state index contributed by atoms with van der Waals surface area (Å²) < 4.78 is 0. The zero-order valence-electron chi connectivity index (χ0n) is 12.9. The molecule has 0 saturated carbocycles. The Labute approximate surface area is 131 Å². The van der Waals surface area contributed by atoms with Gasteiger partial charge in [0.25, 0.3) is 0 Å². The first kappa shape index (κ1) is 14.8. The van der Waals surface area contributed by atoms with Crippen molar-refractivity contribution < 1.29 is 5.11 Å². The van der Waals surface area contributed by atoms with Crippen LogP contribution >= 0.6 is 0 Å². The second-order valence-corrected chi connectivity index (χ2v) is 5.72. The predicted molar refractivity (Wildman–Crippen MR) is 90.3 cm³/mol. The highest BCUT2D eigenvalue weighted by Gasteiger charge is 2.31. The molecule has 0 radical (unpaired) electrons. The van der Waals surface area contributed by atoms with Crippen molar-refractivity contribution in [3.63, 3.8) is 0 Å². The summed E-state index contributed by atoms with van der Waals surface area (Å²) in [6, 6.07) is 21.3. The van der Waals surface area contributed by atoms with E-state index in [1.54, 1.807) is 0 Å². The lowest BCUT2D eigenvalue weighted by Gasteiger charge is -2.30. The zero-order chi connectivity index (χ0) is 15.4. The molecule has 0 bridgehead atoms. The van der Waals surface area contributed by atoms with Crippen LogP contribution in [0.3, 0.4) is 0 Å². The fourth-order valence-electron chi connectivity index (χ4n) is 3.12. The molecule has 0 aliphatic carbocycles. The molecule has 1 unspecified atom stereocenters. The first-order valence-electron chi connectivity index (χ1n) is 7.83. The van der Waals surface area contributed by atoms with Gasteiger partial charge in [-0.2, -0.15) is 0 Å². The Bertz CT molecular complexity index is 585. The Morgan fingerprint density at radius 3 is 2.09 bits per heavy atom. The van der Waals surface area contributed by atoms with Crippen LogP contribution in [0.25, 0.3) is 0 Å². The van der Waals surface area contributed by atoms with Crippen molar-refractivity contribution in [1.29, 1.82) is 0 Å². The lowest BCUT2D eigenvalue weighted by atomic mass is 9.89. The lowest BCUT2D eigenvalue weighted by Crippen LogP contribution is -2.39. The van der Waals surface area contributed by atoms with Crippen LogP contribution in [-0.4, -0.2) is 41.6 Å². The Hall–Kier alpha value is -2.13. The molecule has 22 heavy (non-hydrogen) atoms. The maximum Gasteiger partial charge on any atom is 0.111 e. The summed E-state index contributed by atoms with van der Waals surface area (Å²) in [4.78, 5) is 7.04. The normalized spacial score (nSPS) is 17.9. The molecule has 2 aromatic carbocycles. The van der Waals surface area contributed by atoms with Crippen LogP contribution < -0.4 is 0 Å². The summed E-state index contributed by atoms with van der Waals surface area (Å²) in [6.45, 7) is 3.75. The number of amidine groups is 1. The molecule has 0 fully saturated rings. The maximum atomic E-state index is 9.39. The number of rotatable bonds is 5. The van der Waals surface area contributed by atoms with E-state index in [2.05, 4.69) is 60.4 Å². The van der Waals surface area contributed by atoms with Crippen LogP contribution in [0.2, 0.25) is 0 Å². The third kappa shape index (κ3) is 2.90. The quantitative estimate of drug-likeness (QED) is 0.920. The van der Waals surface area contributed by atoms with E-state index in [-0.39, 0.29) is 12.5 Å². The summed E-state index contributed by atoms with van der Waals surface area (Å²) >= 11 is 0. The van der Waals surface area contributed by atoms with Gasteiger partial charge >= 0.3 is 0 Å². The van der Waals surface area contributed by atoms with Crippen LogP contribution in [0.4, 0.5) is 0 Å². The molecule has 3 nitrogen and oxygen atoms in total. The van der Waals surface area contributed by atoms with Gasteiger partial charge in [-0.1, -0.05) is 60.7 Å². The first-order chi connectivity index (χ1) is 10.8. The van der Waals surface area contributed by atoms with E-state index in [1.165, 1.54) is 11.1 Å². The Morgan fingerprint density at radius 1 is 1.05 bits per heavy atom. The summed E-state index contributed by atoms with van der Waals surface area (Å²) in [5.74, 6) is 1.19. The minimum Gasteiger partial charge on any atom is -0.395 e. The number of nitrogens with zero attached hydrogens (tertiary/aromatic N) is 2. The van der Waals surface area contributed by atoms with E-state index in [1.807, 2.05) is 12.1 Å². The van der Waals surface area contributed by atoms with Crippen LogP contribution in [0.15, 0.2) is 65.7 Å². The SMILES string of the molecule is CC1CN=C(C(c2ccccc2)c2ccccc2)N1CCO. The van der Waals surface area contributed by atoms with Gasteiger partial charge in [0.05, 0.1) is 19.1 Å². The largest absolute Gasteiger partial charge is 0.395 e. The van der Waals surface area contributed by atoms with Gasteiger partial charge in [-0.25, -0.2) is 0 Å². The van der Waals surface area contributed by atoms with Crippen LogP contribution in [0, 0.1) is 0 Å². The van der Waals surface area contributed by atoms with E-state index in [0.717, 1.165) is 12.4 Å². The number of hydrogen-bond donors (Lipinski definition) is 1. The summed E-state index contributed by atoms with van der Waals surface area (Å²) in [7, 11) is 0. The Balaban J connectivity index is 2.03. The van der Waals surface area contributed by atoms with E-state index in [4.69, 9.17) is 4.99 Å². The molecular formula is C19H22N2O. The highest BCUT2D eigenvalue weighted by Crippen LogP contribution is 2.30. The molecular weight excluding hydrogens is 272 g/mol. The number of aliphatic hydroxyl groups excluding tert-OH is 1. The fourth-order valence-corrected chi connectivity index (χ4v) is 3.12. The smallest absolute Gasteiger partial charge is 0.111 e. The predicted octanol–water partition coefficient (Wildman–Crippen LogP) is 2.91. The zero-order valence-corrected chi connectivity index (χ0v) is 12.9. The molecule has 114 valence electrons. The summed E-state index contributed by atoms with van der Waals surface area (Å²) in [5.41, 5.74) is 2.48. The molecule has 1 aliphatic rings. The molecule has 3 heteroatoms. The first-order valence-corrected chi connectivity index (χ1v) is 7.83.